The second-order valence-electron chi connectivity index (χ2n) is 8.39. The van der Waals surface area contributed by atoms with Crippen LogP contribution in [0.3, 0.4) is 0 Å². The van der Waals surface area contributed by atoms with Gasteiger partial charge in [0.05, 0.1) is 11.6 Å². The van der Waals surface area contributed by atoms with Crippen molar-refractivity contribution < 1.29 is 48.6 Å². The summed E-state index contributed by atoms with van der Waals surface area (Å²) < 4.78 is 141. The van der Waals surface area contributed by atoms with Crippen LogP contribution in [0.15, 0.2) is 48.6 Å². The van der Waals surface area contributed by atoms with E-state index < -0.39 is 59.0 Å². The van der Waals surface area contributed by atoms with Crippen molar-refractivity contribution in [1.29, 1.82) is 0 Å². The van der Waals surface area contributed by atoms with Crippen molar-refractivity contribution in [2.24, 2.45) is 5.92 Å². The Labute approximate surface area is 192 Å². The largest absolute Gasteiger partial charge is 0.430 e. The van der Waals surface area contributed by atoms with Crippen LogP contribution in [-0.2, 0) is 16.5 Å². The lowest BCUT2D eigenvalue weighted by Gasteiger charge is -2.40. The second kappa shape index (κ2) is 8.14. The summed E-state index contributed by atoms with van der Waals surface area (Å²) in [6.45, 7) is 0. The molecule has 2 aromatic rings. The molecule has 1 heterocycles. The molecule has 0 saturated heterocycles. The SMILES string of the molecule is COC(c1ccc2c(c1)C1C=CCC1C(c1ccc(F)cc1C(F)(F)F)N2)(C(F)(F)F)C(F)(F)F. The Balaban J connectivity index is 1.85. The first-order valence-corrected chi connectivity index (χ1v) is 10.2. The van der Waals surface area contributed by atoms with E-state index in [4.69, 9.17) is 0 Å². The lowest BCUT2D eigenvalue weighted by molar-refractivity contribution is -0.383. The number of allylic oxidation sites excluding steroid dienone is 2. The highest BCUT2D eigenvalue weighted by atomic mass is 19.4. The second-order valence-corrected chi connectivity index (χ2v) is 8.39. The van der Waals surface area contributed by atoms with Gasteiger partial charge in [-0.1, -0.05) is 24.3 Å². The highest BCUT2D eigenvalue weighted by Crippen LogP contribution is 2.56. The van der Waals surface area contributed by atoms with E-state index in [1.54, 1.807) is 6.08 Å². The van der Waals surface area contributed by atoms with Gasteiger partial charge >= 0.3 is 18.5 Å². The zero-order chi connectivity index (χ0) is 26.0. The molecule has 3 unspecified atom stereocenters. The molecular weight excluding hydrogens is 496 g/mol. The Morgan fingerprint density at radius 3 is 2.09 bits per heavy atom. The van der Waals surface area contributed by atoms with Crippen LogP contribution in [-0.4, -0.2) is 19.5 Å². The summed E-state index contributed by atoms with van der Waals surface area (Å²) in [7, 11) is 0.306. The number of benzene rings is 2. The predicted octanol–water partition coefficient (Wildman–Crippen LogP) is 7.64. The first-order valence-electron chi connectivity index (χ1n) is 10.2. The van der Waals surface area contributed by atoms with Crippen molar-refractivity contribution in [2.45, 2.75) is 42.5 Å². The highest BCUT2D eigenvalue weighted by Gasteiger charge is 2.73. The van der Waals surface area contributed by atoms with Gasteiger partial charge in [0.1, 0.15) is 5.82 Å². The third kappa shape index (κ3) is 3.95. The standard InChI is InChI=1S/C23H17F10NO/c1-35-20(22(28,29)30,23(31,32)33)11-5-8-18-16(9-11)13-3-2-4-14(13)19(34-18)15-7-6-12(24)10-17(15)21(25,26)27/h2-3,5-10,13-14,19,34H,4H2,1H3. The van der Waals surface area contributed by atoms with Crippen molar-refractivity contribution in [3.05, 3.63) is 76.6 Å². The number of anilines is 1. The van der Waals surface area contributed by atoms with E-state index >= 15 is 0 Å². The van der Waals surface area contributed by atoms with E-state index in [1.807, 2.05) is 0 Å². The summed E-state index contributed by atoms with van der Waals surface area (Å²) in [5, 5.41) is 2.83. The molecule has 190 valence electrons. The molecule has 3 atom stereocenters. The van der Waals surface area contributed by atoms with Gasteiger partial charge < -0.3 is 10.1 Å². The van der Waals surface area contributed by atoms with E-state index in [2.05, 4.69) is 10.1 Å². The number of methoxy groups -OCH3 is 1. The van der Waals surface area contributed by atoms with Crippen LogP contribution in [0.25, 0.3) is 0 Å². The van der Waals surface area contributed by atoms with Gasteiger partial charge in [-0.3, -0.25) is 0 Å². The van der Waals surface area contributed by atoms with E-state index in [0.717, 1.165) is 24.3 Å². The fourth-order valence-corrected chi connectivity index (χ4v) is 5.00. The molecule has 0 saturated carbocycles. The first-order chi connectivity index (χ1) is 16.1. The van der Waals surface area contributed by atoms with E-state index in [9.17, 15) is 43.9 Å². The molecule has 0 radical (unpaired) electrons. The summed E-state index contributed by atoms with van der Waals surface area (Å²) in [5.41, 5.74) is -7.15. The number of rotatable bonds is 3. The van der Waals surface area contributed by atoms with Crippen molar-refractivity contribution in [3.8, 4) is 0 Å². The van der Waals surface area contributed by atoms with Crippen molar-refractivity contribution in [1.82, 2.24) is 0 Å². The Morgan fingerprint density at radius 1 is 0.857 bits per heavy atom. The molecule has 35 heavy (non-hydrogen) atoms. The topological polar surface area (TPSA) is 21.3 Å². The number of ether oxygens (including phenoxy) is 1. The van der Waals surface area contributed by atoms with Crippen LogP contribution in [0.4, 0.5) is 49.6 Å². The zero-order valence-corrected chi connectivity index (χ0v) is 17.7. The van der Waals surface area contributed by atoms with Crippen molar-refractivity contribution in [3.63, 3.8) is 0 Å². The van der Waals surface area contributed by atoms with Crippen LogP contribution in [0.2, 0.25) is 0 Å². The number of halogens is 10. The highest BCUT2D eigenvalue weighted by molar-refractivity contribution is 5.62. The Kier molecular flexibility index (Phi) is 5.89. The van der Waals surface area contributed by atoms with Gasteiger partial charge in [0.15, 0.2) is 0 Å². The van der Waals surface area contributed by atoms with Crippen LogP contribution >= 0.6 is 0 Å². The minimum Gasteiger partial charge on any atom is -0.378 e. The summed E-state index contributed by atoms with van der Waals surface area (Å²) in [6.07, 6.45) is -13.2. The summed E-state index contributed by atoms with van der Waals surface area (Å²) in [5.74, 6) is -2.55. The molecule has 1 N–H and O–H groups in total. The maximum Gasteiger partial charge on any atom is 0.430 e. The molecule has 0 fully saturated rings. The van der Waals surface area contributed by atoms with Crippen molar-refractivity contribution in [2.75, 3.05) is 12.4 Å². The number of nitrogens with one attached hydrogen (secondary N) is 1. The Bertz CT molecular complexity index is 1130. The van der Waals surface area contributed by atoms with E-state index in [1.165, 1.54) is 6.08 Å². The van der Waals surface area contributed by atoms with E-state index in [0.29, 0.717) is 19.2 Å². The Hall–Kier alpha value is -2.76. The molecule has 2 aromatic carbocycles. The number of hydrogen-bond acceptors (Lipinski definition) is 2. The van der Waals surface area contributed by atoms with Gasteiger partial charge in [0.2, 0.25) is 0 Å². The molecule has 0 amide bonds. The molecule has 0 bridgehead atoms. The summed E-state index contributed by atoms with van der Waals surface area (Å²) in [4.78, 5) is 0. The van der Waals surface area contributed by atoms with Crippen molar-refractivity contribution >= 4 is 5.69 Å². The molecular formula is C23H17F10NO. The number of hydrogen-bond donors (Lipinski definition) is 1. The van der Waals surface area contributed by atoms with Gasteiger partial charge in [-0.05, 0) is 47.7 Å². The molecule has 0 aromatic heterocycles. The molecule has 12 heteroatoms. The predicted molar refractivity (Wildman–Crippen MR) is 105 cm³/mol. The van der Waals surface area contributed by atoms with Gasteiger partial charge in [0, 0.05) is 24.3 Å². The summed E-state index contributed by atoms with van der Waals surface area (Å²) in [6, 6.07) is 3.44. The quantitative estimate of drug-likeness (QED) is 0.337. The normalized spacial score (nSPS) is 22.5. The molecule has 0 spiro atoms. The molecule has 2 aliphatic rings. The van der Waals surface area contributed by atoms with Gasteiger partial charge in [-0.25, -0.2) is 4.39 Å². The average molecular weight is 513 g/mol. The minimum atomic E-state index is -5.85. The number of fused-ring (bicyclic) bond motifs is 3. The smallest absolute Gasteiger partial charge is 0.378 e. The number of alkyl halides is 9. The lowest BCUT2D eigenvalue weighted by Crippen LogP contribution is -2.55. The van der Waals surface area contributed by atoms with Crippen LogP contribution < -0.4 is 5.32 Å². The zero-order valence-electron chi connectivity index (χ0n) is 17.7. The monoisotopic (exact) mass is 513 g/mol. The van der Waals surface area contributed by atoms with Gasteiger partial charge in [-0.2, -0.15) is 39.5 Å². The third-order valence-electron chi connectivity index (χ3n) is 6.53. The maximum atomic E-state index is 13.7. The van der Waals surface area contributed by atoms with Crippen LogP contribution in [0.5, 0.6) is 0 Å². The van der Waals surface area contributed by atoms with Gasteiger partial charge in [-0.15, -0.1) is 0 Å². The fourth-order valence-electron chi connectivity index (χ4n) is 5.00. The van der Waals surface area contributed by atoms with Crippen LogP contribution in [0, 0.1) is 11.7 Å². The molecule has 2 nitrogen and oxygen atoms in total. The first kappa shape index (κ1) is 25.3. The van der Waals surface area contributed by atoms with Gasteiger partial charge in [0.25, 0.3) is 5.60 Å². The van der Waals surface area contributed by atoms with E-state index in [-0.39, 0.29) is 23.2 Å². The fraction of sp³-hybridized carbons (Fsp3) is 0.391. The average Bonchev–Trinajstić information content (AvgIpc) is 3.22. The maximum absolute atomic E-state index is 13.7. The molecule has 1 aliphatic heterocycles. The summed E-state index contributed by atoms with van der Waals surface area (Å²) >= 11 is 0. The molecule has 1 aliphatic carbocycles. The lowest BCUT2D eigenvalue weighted by atomic mass is 9.75. The minimum absolute atomic E-state index is 0.0584. The third-order valence-corrected chi connectivity index (χ3v) is 6.53. The molecule has 4 rings (SSSR count). The van der Waals surface area contributed by atoms with Crippen LogP contribution in [0.1, 0.15) is 40.6 Å². The Morgan fingerprint density at radius 2 is 1.51 bits per heavy atom.